The van der Waals surface area contributed by atoms with E-state index in [-0.39, 0.29) is 17.4 Å². The first kappa shape index (κ1) is 20.8. The van der Waals surface area contributed by atoms with Crippen LogP contribution in [0.1, 0.15) is 59.1 Å². The molecule has 2 aromatic carbocycles. The van der Waals surface area contributed by atoms with Crippen molar-refractivity contribution in [2.45, 2.75) is 45.6 Å². The van der Waals surface area contributed by atoms with Gasteiger partial charge in [-0.3, -0.25) is 19.0 Å². The Morgan fingerprint density at radius 2 is 1.81 bits per heavy atom. The van der Waals surface area contributed by atoms with Crippen molar-refractivity contribution in [3.8, 4) is 0 Å². The highest BCUT2D eigenvalue weighted by atomic mass is 16.2. The number of hydrogen-bond acceptors (Lipinski definition) is 4. The van der Waals surface area contributed by atoms with Crippen molar-refractivity contribution in [3.63, 3.8) is 0 Å². The molecule has 160 valence electrons. The minimum Gasteiger partial charge on any atom is -0.352 e. The second-order valence-corrected chi connectivity index (χ2v) is 7.78. The molecule has 0 saturated heterocycles. The Kier molecular flexibility index (Phi) is 6.11. The Morgan fingerprint density at radius 3 is 2.65 bits per heavy atom. The SMILES string of the molecule is CCNC(=O)c1cccc(NC(=O)c2ccc3c(=O)n4c(nc3c2)CCCCCC4)c1. The Hall–Kier alpha value is -3.48. The van der Waals surface area contributed by atoms with Crippen molar-refractivity contribution in [3.05, 3.63) is 69.8 Å². The Bertz CT molecular complexity index is 1200. The number of hydrogen-bond donors (Lipinski definition) is 2. The molecule has 0 radical (unpaired) electrons. The number of amides is 2. The maximum absolute atomic E-state index is 12.9. The smallest absolute Gasteiger partial charge is 0.261 e. The van der Waals surface area contributed by atoms with Gasteiger partial charge in [0.05, 0.1) is 10.9 Å². The first-order valence-corrected chi connectivity index (χ1v) is 10.8. The van der Waals surface area contributed by atoms with Gasteiger partial charge in [0, 0.05) is 36.3 Å². The standard InChI is InChI=1S/C24H26N4O3/c1-2-25-22(29)16-8-7-9-18(14-16)26-23(30)17-11-12-19-20(15-17)27-21-10-5-3-4-6-13-28(21)24(19)31/h7-9,11-12,14-15H,2-6,10,13H2,1H3,(H,25,29)(H,26,30). The average molecular weight is 418 g/mol. The van der Waals surface area contributed by atoms with Gasteiger partial charge in [-0.2, -0.15) is 0 Å². The van der Waals surface area contributed by atoms with Gasteiger partial charge >= 0.3 is 0 Å². The third-order valence-electron chi connectivity index (χ3n) is 5.55. The van der Waals surface area contributed by atoms with Crippen molar-refractivity contribution >= 4 is 28.4 Å². The number of carbonyl (C=O) groups excluding carboxylic acids is 2. The summed E-state index contributed by atoms with van der Waals surface area (Å²) in [5.74, 6) is 0.290. The number of aryl methyl sites for hydroxylation is 1. The molecule has 0 atom stereocenters. The summed E-state index contributed by atoms with van der Waals surface area (Å²) < 4.78 is 1.79. The fourth-order valence-electron chi connectivity index (χ4n) is 3.94. The van der Waals surface area contributed by atoms with Gasteiger partial charge in [-0.1, -0.05) is 18.9 Å². The Labute approximate surface area is 180 Å². The van der Waals surface area contributed by atoms with Gasteiger partial charge in [0.2, 0.25) is 0 Å². The van der Waals surface area contributed by atoms with Crippen molar-refractivity contribution in [2.24, 2.45) is 0 Å². The lowest BCUT2D eigenvalue weighted by molar-refractivity contribution is 0.0954. The highest BCUT2D eigenvalue weighted by Gasteiger charge is 2.15. The van der Waals surface area contributed by atoms with Crippen molar-refractivity contribution in [2.75, 3.05) is 11.9 Å². The van der Waals surface area contributed by atoms with Crippen LogP contribution >= 0.6 is 0 Å². The van der Waals surface area contributed by atoms with Gasteiger partial charge in [-0.05, 0) is 56.2 Å². The molecule has 0 aliphatic carbocycles. The molecule has 2 amide bonds. The molecule has 1 aliphatic heterocycles. The number of nitrogens with one attached hydrogen (secondary N) is 2. The molecule has 3 aromatic rings. The van der Waals surface area contributed by atoms with E-state index in [1.807, 2.05) is 6.92 Å². The highest BCUT2D eigenvalue weighted by molar-refractivity contribution is 6.06. The predicted octanol–water partition coefficient (Wildman–Crippen LogP) is 3.52. The monoisotopic (exact) mass is 418 g/mol. The van der Waals surface area contributed by atoms with E-state index in [0.29, 0.717) is 40.8 Å². The Morgan fingerprint density at radius 1 is 1.00 bits per heavy atom. The summed E-state index contributed by atoms with van der Waals surface area (Å²) in [6.07, 6.45) is 5.04. The lowest BCUT2D eigenvalue weighted by atomic mass is 10.1. The third kappa shape index (κ3) is 4.50. The van der Waals surface area contributed by atoms with Crippen LogP contribution < -0.4 is 16.2 Å². The topological polar surface area (TPSA) is 93.1 Å². The molecule has 2 N–H and O–H groups in total. The van der Waals surface area contributed by atoms with Crippen LogP contribution in [0.3, 0.4) is 0 Å². The summed E-state index contributed by atoms with van der Waals surface area (Å²) >= 11 is 0. The van der Waals surface area contributed by atoms with Crippen molar-refractivity contribution in [1.29, 1.82) is 0 Å². The highest BCUT2D eigenvalue weighted by Crippen LogP contribution is 2.18. The van der Waals surface area contributed by atoms with Gasteiger partial charge < -0.3 is 10.6 Å². The van der Waals surface area contributed by atoms with Crippen LogP contribution in [0.2, 0.25) is 0 Å². The zero-order valence-corrected chi connectivity index (χ0v) is 17.6. The molecular weight excluding hydrogens is 392 g/mol. The molecule has 2 heterocycles. The molecule has 0 fully saturated rings. The van der Waals surface area contributed by atoms with E-state index in [1.165, 1.54) is 0 Å². The molecule has 4 rings (SSSR count). The maximum atomic E-state index is 12.9. The first-order chi connectivity index (χ1) is 15.1. The van der Waals surface area contributed by atoms with Gasteiger partial charge in [-0.25, -0.2) is 4.98 Å². The summed E-state index contributed by atoms with van der Waals surface area (Å²) in [6, 6.07) is 11.8. The summed E-state index contributed by atoms with van der Waals surface area (Å²) in [4.78, 5) is 42.5. The van der Waals surface area contributed by atoms with Crippen LogP contribution in [0, 0.1) is 0 Å². The number of rotatable bonds is 4. The summed E-state index contributed by atoms with van der Waals surface area (Å²) in [7, 11) is 0. The fourth-order valence-corrected chi connectivity index (χ4v) is 3.94. The van der Waals surface area contributed by atoms with Crippen LogP contribution in [0.15, 0.2) is 47.3 Å². The van der Waals surface area contributed by atoms with E-state index in [9.17, 15) is 14.4 Å². The number of benzene rings is 2. The number of fused-ring (bicyclic) bond motifs is 2. The second kappa shape index (κ2) is 9.12. The lowest BCUT2D eigenvalue weighted by Crippen LogP contribution is -2.26. The van der Waals surface area contributed by atoms with Crippen LogP contribution in [0.25, 0.3) is 10.9 Å². The van der Waals surface area contributed by atoms with Gasteiger partial charge in [0.25, 0.3) is 17.4 Å². The maximum Gasteiger partial charge on any atom is 0.261 e. The van der Waals surface area contributed by atoms with E-state index in [4.69, 9.17) is 4.98 Å². The molecule has 0 saturated carbocycles. The largest absolute Gasteiger partial charge is 0.352 e. The van der Waals surface area contributed by atoms with E-state index < -0.39 is 0 Å². The van der Waals surface area contributed by atoms with E-state index in [0.717, 1.165) is 37.9 Å². The summed E-state index contributed by atoms with van der Waals surface area (Å²) in [5.41, 5.74) is 1.93. The molecule has 1 aliphatic rings. The normalized spacial score (nSPS) is 13.7. The summed E-state index contributed by atoms with van der Waals surface area (Å²) in [5, 5.41) is 6.09. The summed E-state index contributed by atoms with van der Waals surface area (Å²) in [6.45, 7) is 3.08. The van der Waals surface area contributed by atoms with Crippen molar-refractivity contribution in [1.82, 2.24) is 14.9 Å². The van der Waals surface area contributed by atoms with E-state index >= 15 is 0 Å². The zero-order valence-electron chi connectivity index (χ0n) is 17.6. The van der Waals surface area contributed by atoms with Crippen LogP contribution in [0.5, 0.6) is 0 Å². The second-order valence-electron chi connectivity index (χ2n) is 7.78. The average Bonchev–Trinajstić information content (AvgIpc) is 2.75. The molecule has 7 nitrogen and oxygen atoms in total. The van der Waals surface area contributed by atoms with E-state index in [1.54, 1.807) is 47.0 Å². The predicted molar refractivity (Wildman–Crippen MR) is 121 cm³/mol. The van der Waals surface area contributed by atoms with Gasteiger partial charge in [0.1, 0.15) is 5.82 Å². The number of aromatic nitrogens is 2. The zero-order chi connectivity index (χ0) is 21.8. The minimum absolute atomic E-state index is 0.0384. The number of carbonyl (C=O) groups is 2. The van der Waals surface area contributed by atoms with Crippen LogP contribution in [-0.4, -0.2) is 27.9 Å². The van der Waals surface area contributed by atoms with Gasteiger partial charge in [0.15, 0.2) is 0 Å². The molecule has 31 heavy (non-hydrogen) atoms. The molecule has 0 spiro atoms. The quantitative estimate of drug-likeness (QED) is 0.678. The minimum atomic E-state index is -0.316. The molecule has 0 unspecified atom stereocenters. The van der Waals surface area contributed by atoms with E-state index in [2.05, 4.69) is 10.6 Å². The van der Waals surface area contributed by atoms with Crippen molar-refractivity contribution < 1.29 is 9.59 Å². The number of nitrogens with zero attached hydrogens (tertiary/aromatic N) is 2. The molecular formula is C24H26N4O3. The van der Waals surface area contributed by atoms with Crippen LogP contribution in [-0.2, 0) is 13.0 Å². The molecule has 1 aromatic heterocycles. The lowest BCUT2D eigenvalue weighted by Gasteiger charge is -2.16. The van der Waals surface area contributed by atoms with Gasteiger partial charge in [-0.15, -0.1) is 0 Å². The van der Waals surface area contributed by atoms with Crippen LogP contribution in [0.4, 0.5) is 5.69 Å². The fraction of sp³-hybridized carbons (Fsp3) is 0.333. The number of anilines is 1. The first-order valence-electron chi connectivity index (χ1n) is 10.8. The third-order valence-corrected chi connectivity index (χ3v) is 5.55. The molecule has 7 heteroatoms. The Balaban J connectivity index is 1.62. The molecule has 0 bridgehead atoms.